The Kier molecular flexibility index (Phi) is 4.53. The van der Waals surface area contributed by atoms with Crippen LogP contribution in [0.1, 0.15) is 19.3 Å². The van der Waals surface area contributed by atoms with Gasteiger partial charge in [-0.15, -0.1) is 0 Å². The zero-order valence-electron chi connectivity index (χ0n) is 12.2. The van der Waals surface area contributed by atoms with Crippen LogP contribution in [-0.2, 0) is 4.79 Å². The van der Waals surface area contributed by atoms with Gasteiger partial charge < -0.3 is 20.6 Å². The fourth-order valence-corrected chi connectivity index (χ4v) is 2.69. The number of piperidine rings is 1. The summed E-state index contributed by atoms with van der Waals surface area (Å²) in [6, 6.07) is 0. The van der Waals surface area contributed by atoms with Gasteiger partial charge in [-0.2, -0.15) is 0 Å². The Hall–Kier alpha value is -1.60. The second-order valence-corrected chi connectivity index (χ2v) is 5.99. The van der Waals surface area contributed by atoms with Crippen LogP contribution in [0.4, 0.5) is 11.6 Å². The number of hydrogen-bond acceptors (Lipinski definition) is 6. The molecular formula is C13H20ClN5O2. The molecule has 0 saturated carbocycles. The average molecular weight is 314 g/mol. The predicted molar refractivity (Wildman–Crippen MR) is 81.2 cm³/mol. The van der Waals surface area contributed by atoms with Gasteiger partial charge in [-0.25, -0.2) is 9.97 Å². The van der Waals surface area contributed by atoms with Crippen molar-refractivity contribution in [2.24, 2.45) is 0 Å². The number of β-amino-alcohol motifs (C(OH)–C–C–N with tert-alkyl or cyclic N) is 1. The molecule has 1 aromatic heterocycles. The minimum Gasteiger partial charge on any atom is -0.388 e. The van der Waals surface area contributed by atoms with Gasteiger partial charge in [0.2, 0.25) is 5.91 Å². The molecule has 8 heteroatoms. The van der Waals surface area contributed by atoms with E-state index in [0.717, 1.165) is 6.42 Å². The van der Waals surface area contributed by atoms with Crippen LogP contribution in [0.5, 0.6) is 0 Å². The summed E-state index contributed by atoms with van der Waals surface area (Å²) in [4.78, 5) is 23.2. The normalized spacial score (nSPS) is 22.2. The maximum absolute atomic E-state index is 11.9. The third-order valence-electron chi connectivity index (χ3n) is 3.63. The smallest absolute Gasteiger partial charge is 0.225 e. The number of hydrogen-bond donors (Lipinski definition) is 2. The summed E-state index contributed by atoms with van der Waals surface area (Å²) in [5.41, 5.74) is 4.60. The maximum atomic E-state index is 11.9. The van der Waals surface area contributed by atoms with Gasteiger partial charge in [-0.3, -0.25) is 4.79 Å². The van der Waals surface area contributed by atoms with E-state index < -0.39 is 5.60 Å². The van der Waals surface area contributed by atoms with Crippen molar-refractivity contribution < 1.29 is 9.90 Å². The molecule has 7 nitrogen and oxygen atoms in total. The molecular weight excluding hydrogens is 294 g/mol. The lowest BCUT2D eigenvalue weighted by atomic mass is 9.89. The Balaban J connectivity index is 2.17. The maximum Gasteiger partial charge on any atom is 0.225 e. The van der Waals surface area contributed by atoms with Crippen molar-refractivity contribution in [1.29, 1.82) is 0 Å². The lowest BCUT2D eigenvalue weighted by Gasteiger charge is -2.40. The van der Waals surface area contributed by atoms with E-state index in [4.69, 9.17) is 17.3 Å². The average Bonchev–Trinajstić information content (AvgIpc) is 2.41. The number of amides is 1. The number of rotatable bonds is 3. The summed E-state index contributed by atoms with van der Waals surface area (Å²) in [6.45, 7) is 0.997. The Morgan fingerprint density at radius 2 is 2.29 bits per heavy atom. The van der Waals surface area contributed by atoms with Crippen molar-refractivity contribution in [2.75, 3.05) is 37.8 Å². The van der Waals surface area contributed by atoms with E-state index >= 15 is 0 Å². The number of halogens is 1. The summed E-state index contributed by atoms with van der Waals surface area (Å²) in [7, 11) is 3.35. The summed E-state index contributed by atoms with van der Waals surface area (Å²) in [5, 5.41) is 11.0. The standard InChI is InChI=1S/C13H20ClN5O2/c1-18(2)9(20)6-13(21)4-3-5-19(7-13)12-10(14)11(15)16-8-17-12/h8,21H,3-7H2,1-2H3,(H2,15,16,17). The number of aliphatic hydroxyl groups is 1. The van der Waals surface area contributed by atoms with Crippen LogP contribution in [0.3, 0.4) is 0 Å². The highest BCUT2D eigenvalue weighted by Gasteiger charge is 2.37. The van der Waals surface area contributed by atoms with Crippen LogP contribution in [0.15, 0.2) is 6.33 Å². The van der Waals surface area contributed by atoms with Gasteiger partial charge in [-0.1, -0.05) is 11.6 Å². The zero-order valence-corrected chi connectivity index (χ0v) is 13.0. The van der Waals surface area contributed by atoms with Crippen LogP contribution in [0, 0.1) is 0 Å². The number of carbonyl (C=O) groups is 1. The van der Waals surface area contributed by atoms with Gasteiger partial charge in [0.05, 0.1) is 12.0 Å². The first-order valence-corrected chi connectivity index (χ1v) is 7.14. The molecule has 1 aliphatic rings. The number of anilines is 2. The topological polar surface area (TPSA) is 95.6 Å². The molecule has 0 aliphatic carbocycles. The third kappa shape index (κ3) is 3.54. The number of nitrogen functional groups attached to an aromatic ring is 1. The van der Waals surface area contributed by atoms with Crippen molar-refractivity contribution in [1.82, 2.24) is 14.9 Å². The molecule has 1 atom stereocenters. The summed E-state index contributed by atoms with van der Waals surface area (Å²) in [6.07, 6.45) is 2.74. The SMILES string of the molecule is CN(C)C(=O)CC1(O)CCCN(c2ncnc(N)c2Cl)C1. The van der Waals surface area contributed by atoms with Gasteiger partial charge in [-0.05, 0) is 12.8 Å². The molecule has 2 heterocycles. The molecule has 2 rings (SSSR count). The van der Waals surface area contributed by atoms with Crippen LogP contribution < -0.4 is 10.6 Å². The molecule has 1 unspecified atom stereocenters. The van der Waals surface area contributed by atoms with Gasteiger partial charge in [0.25, 0.3) is 0 Å². The second-order valence-electron chi connectivity index (χ2n) is 5.61. The molecule has 1 aliphatic heterocycles. The molecule has 0 bridgehead atoms. The minimum absolute atomic E-state index is 0.0781. The quantitative estimate of drug-likeness (QED) is 0.845. The summed E-state index contributed by atoms with van der Waals surface area (Å²) < 4.78 is 0. The molecule has 1 aromatic rings. The first-order chi connectivity index (χ1) is 9.82. The molecule has 1 amide bonds. The van der Waals surface area contributed by atoms with E-state index in [1.807, 2.05) is 4.90 Å². The molecule has 21 heavy (non-hydrogen) atoms. The Bertz CT molecular complexity index is 539. The fraction of sp³-hybridized carbons (Fsp3) is 0.615. The van der Waals surface area contributed by atoms with E-state index in [2.05, 4.69) is 9.97 Å². The lowest BCUT2D eigenvalue weighted by molar-refractivity contribution is -0.134. The van der Waals surface area contributed by atoms with Crippen molar-refractivity contribution in [3.63, 3.8) is 0 Å². The minimum atomic E-state index is -1.08. The van der Waals surface area contributed by atoms with Crippen LogP contribution in [0.25, 0.3) is 0 Å². The molecule has 0 spiro atoms. The van der Waals surface area contributed by atoms with E-state index in [1.54, 1.807) is 14.1 Å². The number of nitrogens with zero attached hydrogens (tertiary/aromatic N) is 4. The third-order valence-corrected chi connectivity index (χ3v) is 3.99. The molecule has 1 fully saturated rings. The molecule has 0 aromatic carbocycles. The monoisotopic (exact) mass is 313 g/mol. The Morgan fingerprint density at radius 3 is 2.95 bits per heavy atom. The Labute approximate surface area is 128 Å². The van der Waals surface area contributed by atoms with Gasteiger partial charge in [0.1, 0.15) is 17.2 Å². The molecule has 0 radical (unpaired) electrons. The van der Waals surface area contributed by atoms with Crippen molar-refractivity contribution in [2.45, 2.75) is 24.9 Å². The van der Waals surface area contributed by atoms with E-state index in [1.165, 1.54) is 11.2 Å². The second kappa shape index (κ2) is 6.03. The Morgan fingerprint density at radius 1 is 1.57 bits per heavy atom. The molecule has 1 saturated heterocycles. The van der Waals surface area contributed by atoms with E-state index in [9.17, 15) is 9.90 Å². The summed E-state index contributed by atoms with van der Waals surface area (Å²) >= 11 is 6.13. The molecule has 3 N–H and O–H groups in total. The van der Waals surface area contributed by atoms with Gasteiger partial charge >= 0.3 is 0 Å². The van der Waals surface area contributed by atoms with E-state index in [0.29, 0.717) is 25.3 Å². The lowest BCUT2D eigenvalue weighted by Crippen LogP contribution is -2.50. The first kappa shape index (κ1) is 15.8. The first-order valence-electron chi connectivity index (χ1n) is 6.76. The van der Waals surface area contributed by atoms with Crippen LogP contribution in [0.2, 0.25) is 5.02 Å². The van der Waals surface area contributed by atoms with Crippen molar-refractivity contribution >= 4 is 29.1 Å². The number of carbonyl (C=O) groups excluding carboxylic acids is 1. The fourth-order valence-electron chi connectivity index (χ4n) is 2.47. The van der Waals surface area contributed by atoms with Crippen LogP contribution >= 0.6 is 11.6 Å². The zero-order chi connectivity index (χ0) is 15.6. The molecule has 116 valence electrons. The highest BCUT2D eigenvalue weighted by atomic mass is 35.5. The largest absolute Gasteiger partial charge is 0.388 e. The highest BCUT2D eigenvalue weighted by Crippen LogP contribution is 2.33. The number of nitrogens with two attached hydrogens (primary N) is 1. The number of aromatic nitrogens is 2. The highest BCUT2D eigenvalue weighted by molar-refractivity contribution is 6.35. The van der Waals surface area contributed by atoms with Crippen molar-refractivity contribution in [3.8, 4) is 0 Å². The summed E-state index contributed by atoms with van der Waals surface area (Å²) in [5.74, 6) is 0.604. The van der Waals surface area contributed by atoms with Gasteiger partial charge in [0.15, 0.2) is 5.82 Å². The predicted octanol–water partition coefficient (Wildman–Crippen LogP) is 0.522. The van der Waals surface area contributed by atoms with Gasteiger partial charge in [0, 0.05) is 27.2 Å². The van der Waals surface area contributed by atoms with Crippen LogP contribution in [-0.4, -0.2) is 58.7 Å². The van der Waals surface area contributed by atoms with Crippen molar-refractivity contribution in [3.05, 3.63) is 11.3 Å². The van der Waals surface area contributed by atoms with E-state index in [-0.39, 0.29) is 23.2 Å².